The Labute approximate surface area is 322 Å². The molecule has 4 N–H and O–H groups in total. The van der Waals surface area contributed by atoms with Gasteiger partial charge in [-0.1, -0.05) is 0 Å². The van der Waals surface area contributed by atoms with E-state index < -0.39 is 43.5 Å². The number of para-hydroxylation sites is 6. The Hall–Kier alpha value is -4.19. The average Bonchev–Trinajstić information content (AvgIpc) is 3.19. The molecule has 52 heavy (non-hydrogen) atoms. The van der Waals surface area contributed by atoms with Gasteiger partial charge in [0.1, 0.15) is 0 Å². The molecule has 0 aliphatic heterocycles. The van der Waals surface area contributed by atoms with E-state index in [0.29, 0.717) is 0 Å². The largest absolute Gasteiger partial charge is 0.412 e. The summed E-state index contributed by atoms with van der Waals surface area (Å²) in [7, 11) is 10.4. The Bertz CT molecular complexity index is 1620. The molecule has 0 unspecified atom stereocenters. The van der Waals surface area contributed by atoms with Crippen molar-refractivity contribution < 1.29 is 39.4 Å². The Morgan fingerprint density at radius 3 is 0.519 bits per heavy atom. The molecule has 6 rings (SSSR count). The molecule has 0 aliphatic carbocycles. The van der Waals surface area contributed by atoms with Crippen LogP contribution in [0.4, 0.5) is 0 Å². The molecule has 0 saturated carbocycles. The van der Waals surface area contributed by atoms with E-state index >= 15 is 0 Å². The van der Waals surface area contributed by atoms with E-state index in [-0.39, 0.29) is 11.0 Å². The van der Waals surface area contributed by atoms with Crippen LogP contribution in [0.2, 0.25) is 0 Å². The standard InChI is InChI=1S/6C7H7O.2Bi.2H2O/c6*1-8-7-5-3-2-4-6-7;;;;/h6*2-5H,1H3;;;2*1H2. The summed E-state index contributed by atoms with van der Waals surface area (Å²) in [5, 5.41) is 0. The number of hydrogen-bond donors (Lipinski definition) is 0. The number of benzene rings is 6. The Morgan fingerprint density at radius 2 is 0.385 bits per heavy atom. The zero-order valence-corrected chi connectivity index (χ0v) is 37.2. The Kier molecular flexibility index (Phi) is 17.3. The van der Waals surface area contributed by atoms with Gasteiger partial charge in [-0.2, -0.15) is 0 Å². The topological polar surface area (TPSA) is 118 Å². The van der Waals surface area contributed by atoms with Crippen LogP contribution in [0, 0.1) is 0 Å². The summed E-state index contributed by atoms with van der Waals surface area (Å²) in [6.45, 7) is 0. The van der Waals surface area contributed by atoms with Gasteiger partial charge in [-0.15, -0.1) is 0 Å². The van der Waals surface area contributed by atoms with Crippen LogP contribution in [-0.4, -0.2) is 97.1 Å². The quantitative estimate of drug-likeness (QED) is 0.174. The van der Waals surface area contributed by atoms with Crippen molar-refractivity contribution in [3.05, 3.63) is 146 Å². The van der Waals surface area contributed by atoms with Crippen LogP contribution >= 0.6 is 0 Å². The molecule has 6 aromatic carbocycles. The van der Waals surface area contributed by atoms with E-state index in [1.807, 2.05) is 72.8 Å². The zero-order valence-electron chi connectivity index (χ0n) is 30.2. The van der Waals surface area contributed by atoms with E-state index in [1.165, 1.54) is 19.6 Å². The predicted molar refractivity (Wildman–Crippen MR) is 215 cm³/mol. The van der Waals surface area contributed by atoms with Crippen LogP contribution in [0.1, 0.15) is 0 Å². The van der Waals surface area contributed by atoms with Crippen LogP contribution in [0.5, 0.6) is 34.5 Å². The third-order valence-corrected chi connectivity index (χ3v) is 27.8. The summed E-state index contributed by atoms with van der Waals surface area (Å²) in [5.41, 5.74) is 0. The first kappa shape index (κ1) is 42.2. The maximum atomic E-state index is 5.69. The molecule has 0 aliphatic rings. The fourth-order valence-electron chi connectivity index (χ4n) is 5.67. The van der Waals surface area contributed by atoms with Crippen molar-refractivity contribution in [3.8, 4) is 34.5 Å². The maximum absolute atomic E-state index is 5.69. The van der Waals surface area contributed by atoms with Gasteiger partial charge < -0.3 is 11.0 Å². The normalized spacial score (nSPS) is 10.2. The summed E-state index contributed by atoms with van der Waals surface area (Å²) >= 11 is -5.38. The Balaban J connectivity index is 0.000000270. The second-order valence-electron chi connectivity index (χ2n) is 10.7. The van der Waals surface area contributed by atoms with Gasteiger partial charge in [-0.3, -0.25) is 0 Å². The van der Waals surface area contributed by atoms with Crippen molar-refractivity contribution in [3.63, 3.8) is 0 Å². The van der Waals surface area contributed by atoms with Crippen molar-refractivity contribution in [1.82, 2.24) is 0 Å². The van der Waals surface area contributed by atoms with Gasteiger partial charge in [0.15, 0.2) is 0 Å². The van der Waals surface area contributed by atoms with Crippen molar-refractivity contribution in [2.24, 2.45) is 0 Å². The molecule has 6 aromatic rings. The minimum atomic E-state index is -2.69. The second-order valence-corrected chi connectivity index (χ2v) is 27.2. The molecule has 0 saturated heterocycles. The first-order valence-corrected chi connectivity index (χ1v) is 26.4. The predicted octanol–water partition coefficient (Wildman–Crippen LogP) is 2.81. The van der Waals surface area contributed by atoms with E-state index in [1.54, 1.807) is 42.7 Å². The number of rotatable bonds is 12. The molecule has 8 nitrogen and oxygen atoms in total. The summed E-state index contributed by atoms with van der Waals surface area (Å²) in [6.07, 6.45) is 0. The summed E-state index contributed by atoms with van der Waals surface area (Å²) in [6, 6.07) is 49.7. The van der Waals surface area contributed by atoms with E-state index in [2.05, 4.69) is 72.8 Å². The van der Waals surface area contributed by atoms with Gasteiger partial charge in [0.05, 0.1) is 0 Å². The smallest absolute Gasteiger partial charge is 0.412 e. The third kappa shape index (κ3) is 9.61. The van der Waals surface area contributed by atoms with Crippen LogP contribution < -0.4 is 48.0 Å². The minimum absolute atomic E-state index is 0. The summed E-state index contributed by atoms with van der Waals surface area (Å²) < 4.78 is 41.7. The zero-order chi connectivity index (χ0) is 35.3. The summed E-state index contributed by atoms with van der Waals surface area (Å²) in [4.78, 5) is 0. The molecule has 272 valence electrons. The van der Waals surface area contributed by atoms with Crippen molar-refractivity contribution in [2.75, 3.05) is 42.7 Å². The van der Waals surface area contributed by atoms with Gasteiger partial charge in [0, 0.05) is 0 Å². The van der Waals surface area contributed by atoms with Crippen molar-refractivity contribution >= 4 is 63.1 Å². The second kappa shape index (κ2) is 21.4. The molecule has 0 radical (unpaired) electrons. The Morgan fingerprint density at radius 1 is 0.250 bits per heavy atom. The molecule has 0 atom stereocenters. The molecule has 0 heterocycles. The molecule has 0 spiro atoms. The molecule has 0 bridgehead atoms. The van der Waals surface area contributed by atoms with Crippen LogP contribution in [0.3, 0.4) is 0 Å². The van der Waals surface area contributed by atoms with Gasteiger partial charge >= 0.3 is 314 Å². The monoisotopic (exact) mass is 1100 g/mol. The van der Waals surface area contributed by atoms with Crippen LogP contribution in [0.15, 0.2) is 146 Å². The van der Waals surface area contributed by atoms with Crippen molar-refractivity contribution in [1.29, 1.82) is 0 Å². The van der Waals surface area contributed by atoms with Crippen LogP contribution in [0.25, 0.3) is 0 Å². The van der Waals surface area contributed by atoms with Gasteiger partial charge in [0.25, 0.3) is 0 Å². The van der Waals surface area contributed by atoms with E-state index in [9.17, 15) is 0 Å². The first-order chi connectivity index (χ1) is 24.6. The molecular formula is C42H46Bi2O8. The molecule has 10 heteroatoms. The number of hydrogen-bond acceptors (Lipinski definition) is 6. The third-order valence-electron chi connectivity index (χ3n) is 7.96. The van der Waals surface area contributed by atoms with Crippen LogP contribution in [-0.2, 0) is 0 Å². The van der Waals surface area contributed by atoms with Gasteiger partial charge in [-0.25, -0.2) is 0 Å². The molecular weight excluding hydrogens is 1050 g/mol. The fourth-order valence-corrected chi connectivity index (χ4v) is 26.2. The van der Waals surface area contributed by atoms with E-state index in [0.717, 1.165) is 34.5 Å². The molecule has 0 fully saturated rings. The molecule has 0 aromatic heterocycles. The average molecular weight is 1100 g/mol. The SMILES string of the molecule is COc1cccc[c]1[Bi]([c]1ccccc1OC)[c]1ccccc1OC.COc1cccc[c]1[Bi]([c]1ccccc1OC)[c]1ccccc1OC.O.O. The first-order valence-electron chi connectivity index (χ1n) is 16.0. The summed E-state index contributed by atoms with van der Waals surface area (Å²) in [5.74, 6) is 5.57. The van der Waals surface area contributed by atoms with Crippen molar-refractivity contribution in [2.45, 2.75) is 0 Å². The van der Waals surface area contributed by atoms with Gasteiger partial charge in [-0.05, 0) is 0 Å². The number of methoxy groups -OCH3 is 6. The van der Waals surface area contributed by atoms with Gasteiger partial charge in [0.2, 0.25) is 0 Å². The fraction of sp³-hybridized carbons (Fsp3) is 0.143. The maximum Gasteiger partial charge on any atom is -0.412 e. The minimum Gasteiger partial charge on any atom is -0.412 e. The van der Waals surface area contributed by atoms with E-state index in [4.69, 9.17) is 28.4 Å². The number of ether oxygens (including phenoxy) is 6. The molecule has 0 amide bonds.